The summed E-state index contributed by atoms with van der Waals surface area (Å²) >= 11 is 0. The number of anilines is 1. The molecule has 1 saturated heterocycles. The molecule has 6 rings (SSSR count). The van der Waals surface area contributed by atoms with E-state index in [2.05, 4.69) is 27.7 Å². The Bertz CT molecular complexity index is 2930. The summed E-state index contributed by atoms with van der Waals surface area (Å²) in [5.74, 6) is -0.379. The molecule has 0 saturated carbocycles. The van der Waals surface area contributed by atoms with Gasteiger partial charge in [-0.15, -0.1) is 5.06 Å². The summed E-state index contributed by atoms with van der Waals surface area (Å²) in [6.07, 6.45) is 7.77. The van der Waals surface area contributed by atoms with Crippen LogP contribution in [-0.2, 0) is 91.6 Å². The van der Waals surface area contributed by atoms with E-state index in [1.165, 1.54) is 12.1 Å². The molecule has 0 atom stereocenters. The number of fused-ring (bicyclic) bond motifs is 2. The summed E-state index contributed by atoms with van der Waals surface area (Å²) in [5, 5.41) is 1.45. The molecule has 2 amide bonds. The highest BCUT2D eigenvalue weighted by atomic mass is 32.2. The van der Waals surface area contributed by atoms with Gasteiger partial charge in [0.2, 0.25) is 5.36 Å². The first-order valence-electron chi connectivity index (χ1n) is 30.5. The number of hydrogen-bond donors (Lipinski definition) is 0. The van der Waals surface area contributed by atoms with Crippen LogP contribution in [0.5, 0.6) is 0 Å². The Labute approximate surface area is 523 Å². The maximum atomic E-state index is 12.6. The molecule has 3 heterocycles. The molecule has 2 aromatic rings. The molecule has 3 aliphatic heterocycles. The lowest BCUT2D eigenvalue weighted by Crippen LogP contribution is -2.36. The SMILES string of the molecule is COCCOCCOCCOCCOCCOCC[N+](CCOCCOCCOCCOCCOCCOC)=c1ccc2c(/C=C/C=C3\N(CCCCCC(=O)ON4C(=O)CCC4=O)c4ccc(S(=O)(=O)[O-])cc4C3(C)C)c(C)c(-c3ccccc3)oc-2c1. The van der Waals surface area contributed by atoms with Gasteiger partial charge < -0.3 is 75.5 Å². The van der Waals surface area contributed by atoms with Crippen molar-refractivity contribution in [2.24, 2.45) is 0 Å². The van der Waals surface area contributed by atoms with Gasteiger partial charge in [0.1, 0.15) is 34.9 Å². The first-order valence-corrected chi connectivity index (χ1v) is 31.9. The van der Waals surface area contributed by atoms with E-state index in [4.69, 9.17) is 66.1 Å². The Morgan fingerprint density at radius 1 is 0.629 bits per heavy atom. The maximum absolute atomic E-state index is 12.6. The number of rotatable bonds is 47. The van der Waals surface area contributed by atoms with Gasteiger partial charge in [0.15, 0.2) is 13.1 Å². The third-order valence-corrected chi connectivity index (χ3v) is 15.4. The summed E-state index contributed by atoms with van der Waals surface area (Å²) in [5.41, 5.74) is 5.18. The largest absolute Gasteiger partial charge is 0.744 e. The minimum atomic E-state index is -4.75. The first-order chi connectivity index (χ1) is 43.2. The highest BCUT2D eigenvalue weighted by molar-refractivity contribution is 7.85. The van der Waals surface area contributed by atoms with Crippen LogP contribution in [0, 0.1) is 6.92 Å². The zero-order chi connectivity index (χ0) is 63.5. The molecule has 1 fully saturated rings. The summed E-state index contributed by atoms with van der Waals surface area (Å²) in [4.78, 5) is 43.4. The standard InChI is InChI=1S/C65H91N3O20S/c1-51-55(15-12-16-60-65(2,3)57-50-54(89(72,73)74)19-21-58(57)67(60)24-11-7-10-17-63(71)88-68-61(69)22-23-62(68)70)56-20-18-53(49-59(56)87-64(51)52-13-8-6-9-14-52)66(25-27-77-33-35-81-41-43-85-47-45-83-39-37-79-31-29-75-4)26-28-78-34-36-82-42-44-86-48-46-84-40-38-80-32-30-76-5/h6,8-9,12-16,18-21,49-50H,7,10-11,17,22-48H2,1-5H3. The fraction of sp³-hybridized carbons (Fsp3) is 0.569. The van der Waals surface area contributed by atoms with E-state index in [9.17, 15) is 27.4 Å². The zero-order valence-corrected chi connectivity index (χ0v) is 53.2. The quantitative estimate of drug-likeness (QED) is 0.0202. The maximum Gasteiger partial charge on any atom is 0.333 e. The van der Waals surface area contributed by atoms with Crippen LogP contribution in [0.1, 0.15) is 69.1 Å². The number of carbonyl (C=O) groups excluding carboxylic acids is 3. The zero-order valence-electron chi connectivity index (χ0n) is 52.4. The molecule has 89 heavy (non-hydrogen) atoms. The van der Waals surface area contributed by atoms with Crippen molar-refractivity contribution in [1.82, 2.24) is 9.64 Å². The number of hydrogen-bond acceptors (Lipinski definition) is 21. The van der Waals surface area contributed by atoms with E-state index < -0.39 is 33.3 Å². The van der Waals surface area contributed by atoms with Gasteiger partial charge in [0.05, 0.1) is 143 Å². The highest BCUT2D eigenvalue weighted by Gasteiger charge is 2.40. The second kappa shape index (κ2) is 40.1. The Balaban J connectivity index is 1.15. The van der Waals surface area contributed by atoms with Gasteiger partial charge >= 0.3 is 5.97 Å². The number of amides is 2. The Morgan fingerprint density at radius 3 is 1.62 bits per heavy atom. The second-order valence-electron chi connectivity index (χ2n) is 21.3. The Hall–Kier alpha value is -5.81. The molecular formula is C65H91N3O20S. The molecule has 0 spiro atoms. The van der Waals surface area contributed by atoms with E-state index in [1.54, 1.807) is 20.3 Å². The molecule has 23 nitrogen and oxygen atoms in total. The van der Waals surface area contributed by atoms with E-state index in [0.717, 1.165) is 39.0 Å². The smallest absolute Gasteiger partial charge is 0.333 e. The molecular weight excluding hydrogens is 1170 g/mol. The second-order valence-corrected chi connectivity index (χ2v) is 22.7. The van der Waals surface area contributed by atoms with Crippen molar-refractivity contribution in [2.45, 2.75) is 69.6 Å². The van der Waals surface area contributed by atoms with Gasteiger partial charge in [-0.25, -0.2) is 17.8 Å². The van der Waals surface area contributed by atoms with Gasteiger partial charge in [-0.3, -0.25) is 9.59 Å². The van der Waals surface area contributed by atoms with Crippen LogP contribution in [0.25, 0.3) is 28.7 Å². The van der Waals surface area contributed by atoms with Crippen molar-refractivity contribution in [2.75, 3.05) is 184 Å². The van der Waals surface area contributed by atoms with Gasteiger partial charge in [0, 0.05) is 79.6 Å². The third kappa shape index (κ3) is 24.4. The topological polar surface area (TPSA) is 251 Å². The van der Waals surface area contributed by atoms with Crippen LogP contribution in [0.3, 0.4) is 0 Å². The Morgan fingerprint density at radius 2 is 1.12 bits per heavy atom. The van der Waals surface area contributed by atoms with E-state index >= 15 is 0 Å². The summed E-state index contributed by atoms with van der Waals surface area (Å²) in [6, 6.07) is 20.5. The minimum absolute atomic E-state index is 0.0128. The normalized spacial score (nSPS) is 14.6. The third-order valence-electron chi connectivity index (χ3n) is 14.6. The summed E-state index contributed by atoms with van der Waals surface area (Å²) < 4.78 is 113. The van der Waals surface area contributed by atoms with Crippen molar-refractivity contribution in [1.29, 1.82) is 0 Å². The monoisotopic (exact) mass is 1270 g/mol. The molecule has 0 radical (unpaired) electrons. The van der Waals surface area contributed by atoms with Crippen LogP contribution in [0.2, 0.25) is 0 Å². The number of ether oxygens (including phenoxy) is 12. The number of benzene rings is 3. The number of nitrogens with zero attached hydrogens (tertiary/aromatic N) is 3. The van der Waals surface area contributed by atoms with Crippen molar-refractivity contribution < 1.29 is 93.5 Å². The van der Waals surface area contributed by atoms with Crippen molar-refractivity contribution in [3.05, 3.63) is 107 Å². The molecule has 4 aliphatic rings. The lowest BCUT2D eigenvalue weighted by atomic mass is 9.83. The van der Waals surface area contributed by atoms with Gasteiger partial charge in [-0.05, 0) is 61.2 Å². The van der Waals surface area contributed by atoms with E-state index in [0.29, 0.717) is 206 Å². The first kappa shape index (κ1) is 72.3. The van der Waals surface area contributed by atoms with E-state index in [-0.39, 0.29) is 24.2 Å². The predicted molar refractivity (Wildman–Crippen MR) is 330 cm³/mol. The predicted octanol–water partition coefficient (Wildman–Crippen LogP) is 6.36. The molecule has 0 unspecified atom stereocenters. The fourth-order valence-electron chi connectivity index (χ4n) is 9.88. The van der Waals surface area contributed by atoms with Crippen molar-refractivity contribution >= 4 is 39.7 Å². The molecule has 2 aromatic carbocycles. The number of carbonyl (C=O) groups is 3. The molecule has 492 valence electrons. The number of hydroxylamine groups is 2. The summed E-state index contributed by atoms with van der Waals surface area (Å²) in [7, 11) is -1.48. The number of allylic oxidation sites excluding steroid dienone is 3. The summed E-state index contributed by atoms with van der Waals surface area (Å²) in [6.45, 7) is 17.7. The van der Waals surface area contributed by atoms with Gasteiger partial charge in [-0.2, -0.15) is 0 Å². The van der Waals surface area contributed by atoms with Crippen LogP contribution in [0.4, 0.5) is 5.69 Å². The van der Waals surface area contributed by atoms with Crippen molar-refractivity contribution in [3.8, 4) is 22.6 Å². The fourth-order valence-corrected chi connectivity index (χ4v) is 10.4. The highest BCUT2D eigenvalue weighted by Crippen LogP contribution is 2.49. The molecule has 24 heteroatoms. The van der Waals surface area contributed by atoms with Gasteiger partial charge in [0.25, 0.3) is 11.8 Å². The lowest BCUT2D eigenvalue weighted by molar-refractivity contribution is -0.197. The average molecular weight is 1270 g/mol. The molecule has 0 N–H and O–H groups in total. The van der Waals surface area contributed by atoms with Gasteiger partial charge in [-0.1, -0.05) is 62.8 Å². The molecule has 1 aliphatic carbocycles. The molecule has 0 aromatic heterocycles. The van der Waals surface area contributed by atoms with Crippen molar-refractivity contribution in [3.63, 3.8) is 0 Å². The number of methoxy groups -OCH3 is 2. The lowest BCUT2D eigenvalue weighted by Gasteiger charge is -2.27. The van der Waals surface area contributed by atoms with Crippen LogP contribution in [0.15, 0.2) is 93.9 Å². The van der Waals surface area contributed by atoms with Crippen LogP contribution >= 0.6 is 0 Å². The van der Waals surface area contributed by atoms with Crippen LogP contribution < -0.4 is 14.8 Å². The Kier molecular flexibility index (Phi) is 32.6. The molecule has 0 bridgehead atoms. The minimum Gasteiger partial charge on any atom is -0.744 e. The number of unbranched alkanes of at least 4 members (excludes halogenated alkanes) is 2. The average Bonchev–Trinajstić information content (AvgIpc) is 1.66. The number of imide groups is 1. The van der Waals surface area contributed by atoms with Crippen LogP contribution in [-0.4, -0.2) is 215 Å². The van der Waals surface area contributed by atoms with E-state index in [1.807, 2.05) is 69.3 Å².